The molecule has 4 heteroatoms. The third-order valence-electron chi connectivity index (χ3n) is 2.10. The van der Waals surface area contributed by atoms with Crippen molar-refractivity contribution in [3.8, 4) is 0 Å². The van der Waals surface area contributed by atoms with Crippen LogP contribution in [-0.2, 0) is 0 Å². The Balaban J connectivity index is 2.41. The number of aromatic nitrogens is 1. The van der Waals surface area contributed by atoms with Crippen molar-refractivity contribution in [3.05, 3.63) is 18.3 Å². The van der Waals surface area contributed by atoms with E-state index in [1.54, 1.807) is 6.20 Å². The summed E-state index contributed by atoms with van der Waals surface area (Å²) >= 11 is 0. The number of pyridine rings is 1. The predicted octanol–water partition coefficient (Wildman–Crippen LogP) is 1.09. The monoisotopic (exact) mass is 195 g/mol. The van der Waals surface area contributed by atoms with Crippen LogP contribution in [0.3, 0.4) is 0 Å². The van der Waals surface area contributed by atoms with E-state index in [1.807, 2.05) is 12.1 Å². The Bertz CT molecular complexity index is 278. The fourth-order valence-corrected chi connectivity index (χ4v) is 1.17. The van der Waals surface area contributed by atoms with E-state index in [1.165, 1.54) is 0 Å². The minimum Gasteiger partial charge on any atom is -0.396 e. The van der Waals surface area contributed by atoms with Crippen LogP contribution in [0.4, 0.5) is 11.5 Å². The minimum absolute atomic E-state index is 0.228. The van der Waals surface area contributed by atoms with E-state index in [2.05, 4.69) is 17.2 Å². The zero-order chi connectivity index (χ0) is 10.4. The number of nitrogens with one attached hydrogen (secondary N) is 1. The van der Waals surface area contributed by atoms with Crippen molar-refractivity contribution in [3.63, 3.8) is 0 Å². The van der Waals surface area contributed by atoms with E-state index in [0.717, 1.165) is 18.7 Å². The largest absolute Gasteiger partial charge is 0.396 e. The highest BCUT2D eigenvalue weighted by atomic mass is 16.3. The van der Waals surface area contributed by atoms with Gasteiger partial charge in [-0.25, -0.2) is 4.98 Å². The molecular formula is C10H17N3O. The van der Waals surface area contributed by atoms with Crippen LogP contribution in [0.2, 0.25) is 0 Å². The summed E-state index contributed by atoms with van der Waals surface area (Å²) in [5, 5.41) is 11.9. The van der Waals surface area contributed by atoms with E-state index in [-0.39, 0.29) is 6.61 Å². The molecule has 0 aliphatic rings. The van der Waals surface area contributed by atoms with Gasteiger partial charge in [-0.05, 0) is 24.5 Å². The van der Waals surface area contributed by atoms with Crippen molar-refractivity contribution in [2.24, 2.45) is 5.92 Å². The van der Waals surface area contributed by atoms with Gasteiger partial charge in [-0.15, -0.1) is 0 Å². The van der Waals surface area contributed by atoms with Gasteiger partial charge in [-0.3, -0.25) is 0 Å². The maximum Gasteiger partial charge on any atom is 0.146 e. The van der Waals surface area contributed by atoms with E-state index >= 15 is 0 Å². The van der Waals surface area contributed by atoms with Gasteiger partial charge in [0.15, 0.2) is 0 Å². The van der Waals surface area contributed by atoms with Gasteiger partial charge in [0.05, 0.1) is 5.69 Å². The van der Waals surface area contributed by atoms with Crippen LogP contribution in [0, 0.1) is 5.92 Å². The third-order valence-corrected chi connectivity index (χ3v) is 2.10. The second kappa shape index (κ2) is 5.44. The lowest BCUT2D eigenvalue weighted by atomic mass is 10.1. The molecule has 0 fully saturated rings. The van der Waals surface area contributed by atoms with Crippen LogP contribution in [0.1, 0.15) is 13.3 Å². The first-order valence-corrected chi connectivity index (χ1v) is 4.79. The molecule has 4 nitrogen and oxygen atoms in total. The quantitative estimate of drug-likeness (QED) is 0.657. The number of aliphatic hydroxyl groups excluding tert-OH is 1. The first-order chi connectivity index (χ1) is 6.74. The zero-order valence-corrected chi connectivity index (χ0v) is 8.40. The van der Waals surface area contributed by atoms with E-state index in [9.17, 15) is 0 Å². The van der Waals surface area contributed by atoms with Crippen LogP contribution in [0.5, 0.6) is 0 Å². The number of aliphatic hydroxyl groups is 1. The molecule has 0 bridgehead atoms. The molecule has 0 spiro atoms. The molecular weight excluding hydrogens is 178 g/mol. The summed E-state index contributed by atoms with van der Waals surface area (Å²) in [5.41, 5.74) is 6.52. The lowest BCUT2D eigenvalue weighted by Gasteiger charge is -2.12. The SMILES string of the molecule is CC(CCO)CNc1cccnc1N. The summed E-state index contributed by atoms with van der Waals surface area (Å²) in [4.78, 5) is 3.97. The number of hydrogen-bond acceptors (Lipinski definition) is 4. The van der Waals surface area contributed by atoms with Crippen molar-refractivity contribution in [1.82, 2.24) is 4.98 Å². The molecule has 1 heterocycles. The van der Waals surface area contributed by atoms with Gasteiger partial charge < -0.3 is 16.2 Å². The van der Waals surface area contributed by atoms with Crippen molar-refractivity contribution in [2.45, 2.75) is 13.3 Å². The average Bonchev–Trinajstić information content (AvgIpc) is 2.17. The van der Waals surface area contributed by atoms with Crippen LogP contribution >= 0.6 is 0 Å². The second-order valence-corrected chi connectivity index (χ2v) is 3.43. The summed E-state index contributed by atoms with van der Waals surface area (Å²) in [6, 6.07) is 3.74. The Morgan fingerprint density at radius 2 is 2.43 bits per heavy atom. The van der Waals surface area contributed by atoms with Crippen LogP contribution in [0.15, 0.2) is 18.3 Å². The van der Waals surface area contributed by atoms with Crippen molar-refractivity contribution >= 4 is 11.5 Å². The fraction of sp³-hybridized carbons (Fsp3) is 0.500. The molecule has 14 heavy (non-hydrogen) atoms. The summed E-state index contributed by atoms with van der Waals surface area (Å²) in [6.45, 7) is 3.11. The van der Waals surface area contributed by atoms with Gasteiger partial charge in [0, 0.05) is 19.3 Å². The minimum atomic E-state index is 0.228. The number of nitrogen functional groups attached to an aromatic ring is 1. The Hall–Kier alpha value is -1.29. The Morgan fingerprint density at radius 1 is 1.64 bits per heavy atom. The van der Waals surface area contributed by atoms with Gasteiger partial charge in [-0.2, -0.15) is 0 Å². The molecule has 1 aromatic heterocycles. The lowest BCUT2D eigenvalue weighted by molar-refractivity contribution is 0.266. The number of hydrogen-bond donors (Lipinski definition) is 3. The van der Waals surface area contributed by atoms with Crippen LogP contribution in [-0.4, -0.2) is 23.2 Å². The molecule has 0 radical (unpaired) electrons. The zero-order valence-electron chi connectivity index (χ0n) is 8.40. The van der Waals surface area contributed by atoms with E-state index in [4.69, 9.17) is 10.8 Å². The average molecular weight is 195 g/mol. The van der Waals surface area contributed by atoms with E-state index in [0.29, 0.717) is 11.7 Å². The molecule has 1 aromatic rings. The normalized spacial score (nSPS) is 12.4. The number of nitrogens with two attached hydrogens (primary N) is 1. The Labute approximate surface area is 84.2 Å². The second-order valence-electron chi connectivity index (χ2n) is 3.43. The first kappa shape index (κ1) is 10.8. The fourth-order valence-electron chi connectivity index (χ4n) is 1.17. The van der Waals surface area contributed by atoms with E-state index < -0.39 is 0 Å². The number of nitrogens with zero attached hydrogens (tertiary/aromatic N) is 1. The van der Waals surface area contributed by atoms with Gasteiger partial charge in [0.2, 0.25) is 0 Å². The highest BCUT2D eigenvalue weighted by Gasteiger charge is 2.02. The summed E-state index contributed by atoms with van der Waals surface area (Å²) < 4.78 is 0. The van der Waals surface area contributed by atoms with Gasteiger partial charge in [0.1, 0.15) is 5.82 Å². The number of anilines is 2. The lowest BCUT2D eigenvalue weighted by Crippen LogP contribution is -2.13. The Morgan fingerprint density at radius 3 is 3.07 bits per heavy atom. The van der Waals surface area contributed by atoms with Gasteiger partial charge in [0.25, 0.3) is 0 Å². The van der Waals surface area contributed by atoms with Gasteiger partial charge in [-0.1, -0.05) is 6.92 Å². The molecule has 0 aliphatic heterocycles. The predicted molar refractivity (Wildman–Crippen MR) is 58.0 cm³/mol. The van der Waals surface area contributed by atoms with Crippen molar-refractivity contribution in [1.29, 1.82) is 0 Å². The summed E-state index contributed by atoms with van der Waals surface area (Å²) in [6.07, 6.45) is 2.46. The molecule has 0 saturated carbocycles. The molecule has 4 N–H and O–H groups in total. The smallest absolute Gasteiger partial charge is 0.146 e. The standard InChI is InChI=1S/C10H17N3O/c1-8(4-6-14)7-13-9-3-2-5-12-10(9)11/h2-3,5,8,13-14H,4,6-7H2,1H3,(H2,11,12). The topological polar surface area (TPSA) is 71.2 Å². The highest BCUT2D eigenvalue weighted by Crippen LogP contribution is 2.14. The molecule has 0 saturated heterocycles. The summed E-state index contributed by atoms with van der Waals surface area (Å²) in [7, 11) is 0. The molecule has 0 aliphatic carbocycles. The molecule has 78 valence electrons. The molecule has 0 amide bonds. The highest BCUT2D eigenvalue weighted by molar-refractivity contribution is 5.60. The molecule has 0 aromatic carbocycles. The third kappa shape index (κ3) is 3.22. The van der Waals surface area contributed by atoms with Crippen LogP contribution < -0.4 is 11.1 Å². The van der Waals surface area contributed by atoms with Crippen molar-refractivity contribution < 1.29 is 5.11 Å². The molecule has 1 rings (SSSR count). The maximum atomic E-state index is 8.72. The van der Waals surface area contributed by atoms with Crippen LogP contribution in [0.25, 0.3) is 0 Å². The first-order valence-electron chi connectivity index (χ1n) is 4.79. The number of rotatable bonds is 5. The summed E-state index contributed by atoms with van der Waals surface area (Å²) in [5.74, 6) is 0.948. The molecule has 1 atom stereocenters. The maximum absolute atomic E-state index is 8.72. The van der Waals surface area contributed by atoms with Crippen molar-refractivity contribution in [2.75, 3.05) is 24.2 Å². The Kier molecular flexibility index (Phi) is 4.19. The molecule has 1 unspecified atom stereocenters. The van der Waals surface area contributed by atoms with Gasteiger partial charge >= 0.3 is 0 Å².